The van der Waals surface area contributed by atoms with Gasteiger partial charge in [0.05, 0.1) is 6.54 Å². The van der Waals surface area contributed by atoms with E-state index in [4.69, 9.17) is 0 Å². The third-order valence-electron chi connectivity index (χ3n) is 4.55. The van der Waals surface area contributed by atoms with Crippen LogP contribution in [0.5, 0.6) is 0 Å². The van der Waals surface area contributed by atoms with Crippen molar-refractivity contribution in [3.05, 3.63) is 64.3 Å². The number of amides is 2. The molecule has 5 nitrogen and oxygen atoms in total. The first kappa shape index (κ1) is 19.2. The number of nitrogens with zero attached hydrogens (tertiary/aromatic N) is 1. The van der Waals surface area contributed by atoms with Crippen LogP contribution in [-0.2, 0) is 16.0 Å². The number of hydrogen-bond donors (Lipinski definition) is 2. The van der Waals surface area contributed by atoms with Gasteiger partial charge in [0.2, 0.25) is 11.8 Å². The molecule has 6 heteroatoms. The number of aromatic amines is 1. The highest BCUT2D eigenvalue weighted by molar-refractivity contribution is 9.10. The summed E-state index contributed by atoms with van der Waals surface area (Å²) < 4.78 is 0.961. The molecule has 0 saturated carbocycles. The number of benzene rings is 2. The van der Waals surface area contributed by atoms with Crippen LogP contribution in [0.3, 0.4) is 0 Å². The average Bonchev–Trinajstić information content (AvgIpc) is 3.05. The predicted molar refractivity (Wildman–Crippen MR) is 112 cm³/mol. The zero-order chi connectivity index (χ0) is 19.4. The molecule has 3 aromatic rings. The summed E-state index contributed by atoms with van der Waals surface area (Å²) in [6.45, 7) is 1.96. The third kappa shape index (κ3) is 4.77. The summed E-state index contributed by atoms with van der Waals surface area (Å²) in [5, 5.41) is 3.99. The Labute approximate surface area is 166 Å². The number of H-pyrrole nitrogens is 1. The minimum Gasteiger partial charge on any atom is -0.361 e. The lowest BCUT2D eigenvalue weighted by Crippen LogP contribution is -2.35. The monoisotopic (exact) mass is 427 g/mol. The first-order chi connectivity index (χ1) is 12.9. The van der Waals surface area contributed by atoms with Crippen molar-refractivity contribution in [2.75, 3.05) is 18.9 Å². The van der Waals surface area contributed by atoms with Gasteiger partial charge in [0.1, 0.15) is 0 Å². The van der Waals surface area contributed by atoms with Crippen molar-refractivity contribution in [1.82, 2.24) is 9.88 Å². The lowest BCUT2D eigenvalue weighted by Gasteiger charge is -2.17. The highest BCUT2D eigenvalue weighted by atomic mass is 79.9. The molecule has 140 valence electrons. The summed E-state index contributed by atoms with van der Waals surface area (Å²) >= 11 is 3.40. The lowest BCUT2D eigenvalue weighted by atomic mass is 10.1. The number of para-hydroxylation sites is 1. The molecule has 0 unspecified atom stereocenters. The topological polar surface area (TPSA) is 65.2 Å². The van der Waals surface area contributed by atoms with E-state index in [1.165, 1.54) is 4.90 Å². The second-order valence-electron chi connectivity index (χ2n) is 6.62. The maximum Gasteiger partial charge on any atom is 0.243 e. The predicted octanol–water partition coefficient (Wildman–Crippen LogP) is 4.27. The number of nitrogens with one attached hydrogen (secondary N) is 2. The number of carbonyl (C=O) groups is 2. The summed E-state index contributed by atoms with van der Waals surface area (Å²) in [6, 6.07) is 13.7. The lowest BCUT2D eigenvalue weighted by molar-refractivity contribution is -0.133. The molecule has 1 aromatic heterocycles. The van der Waals surface area contributed by atoms with Gasteiger partial charge in [-0.05, 0) is 48.7 Å². The van der Waals surface area contributed by atoms with Crippen LogP contribution in [0.4, 0.5) is 5.69 Å². The van der Waals surface area contributed by atoms with E-state index in [0.717, 1.165) is 32.2 Å². The minimum absolute atomic E-state index is 0.0300. The molecule has 0 bridgehead atoms. The standard InChI is InChI=1S/C21H22BrN3O2/c1-14-11-16(22)8-9-18(14)24-20(26)13-25(2)21(27)10-7-15-12-23-19-6-4-3-5-17(15)19/h3-6,8-9,11-12,23H,7,10,13H2,1-2H3,(H,24,26). The number of fused-ring (bicyclic) bond motifs is 1. The van der Waals surface area contributed by atoms with Gasteiger partial charge in [0.15, 0.2) is 0 Å². The van der Waals surface area contributed by atoms with Gasteiger partial charge in [-0.3, -0.25) is 9.59 Å². The van der Waals surface area contributed by atoms with Gasteiger partial charge in [-0.25, -0.2) is 0 Å². The van der Waals surface area contributed by atoms with Crippen LogP contribution in [-0.4, -0.2) is 35.3 Å². The van der Waals surface area contributed by atoms with Crippen LogP contribution < -0.4 is 5.32 Å². The molecular weight excluding hydrogens is 406 g/mol. The van der Waals surface area contributed by atoms with Crippen LogP contribution in [0.15, 0.2) is 53.1 Å². The van der Waals surface area contributed by atoms with Crippen LogP contribution in [0.25, 0.3) is 10.9 Å². The van der Waals surface area contributed by atoms with E-state index >= 15 is 0 Å². The molecule has 2 amide bonds. The fraction of sp³-hybridized carbons (Fsp3) is 0.238. The fourth-order valence-electron chi connectivity index (χ4n) is 3.03. The van der Waals surface area contributed by atoms with Crippen molar-refractivity contribution in [3.8, 4) is 0 Å². The van der Waals surface area contributed by atoms with Crippen molar-refractivity contribution in [1.29, 1.82) is 0 Å². The number of hydrogen-bond acceptors (Lipinski definition) is 2. The van der Waals surface area contributed by atoms with Crippen molar-refractivity contribution in [2.45, 2.75) is 19.8 Å². The van der Waals surface area contributed by atoms with Gasteiger partial charge in [-0.15, -0.1) is 0 Å². The summed E-state index contributed by atoms with van der Waals surface area (Å²) in [7, 11) is 1.66. The first-order valence-corrected chi connectivity index (χ1v) is 9.58. The van der Waals surface area contributed by atoms with Gasteiger partial charge in [0, 0.05) is 40.7 Å². The smallest absolute Gasteiger partial charge is 0.243 e. The Hall–Kier alpha value is -2.60. The van der Waals surface area contributed by atoms with Crippen LogP contribution in [0, 0.1) is 6.92 Å². The number of rotatable bonds is 6. The molecule has 3 rings (SSSR count). The third-order valence-corrected chi connectivity index (χ3v) is 5.05. The molecule has 2 N–H and O–H groups in total. The molecular formula is C21H22BrN3O2. The molecule has 0 radical (unpaired) electrons. The van der Waals surface area contributed by atoms with E-state index in [1.54, 1.807) is 7.05 Å². The number of likely N-dealkylation sites (N-methyl/N-ethyl adjacent to an activating group) is 1. The molecule has 0 saturated heterocycles. The molecule has 1 heterocycles. The Bertz CT molecular complexity index is 980. The number of halogens is 1. The van der Waals surface area contributed by atoms with Crippen molar-refractivity contribution in [3.63, 3.8) is 0 Å². The Morgan fingerprint density at radius 2 is 1.96 bits per heavy atom. The van der Waals surface area contributed by atoms with Gasteiger partial charge < -0.3 is 15.2 Å². The molecule has 2 aromatic carbocycles. The maximum absolute atomic E-state index is 12.4. The zero-order valence-electron chi connectivity index (χ0n) is 15.4. The van der Waals surface area contributed by atoms with Gasteiger partial charge in [0.25, 0.3) is 0 Å². The van der Waals surface area contributed by atoms with Gasteiger partial charge >= 0.3 is 0 Å². The summed E-state index contributed by atoms with van der Waals surface area (Å²) in [5.74, 6) is -0.258. The van der Waals surface area contributed by atoms with Crippen LogP contribution >= 0.6 is 15.9 Å². The molecule has 27 heavy (non-hydrogen) atoms. The van der Waals surface area contributed by atoms with Crippen molar-refractivity contribution >= 4 is 44.3 Å². The van der Waals surface area contributed by atoms with Gasteiger partial charge in [-0.2, -0.15) is 0 Å². The molecule has 0 atom stereocenters. The molecule has 0 aliphatic carbocycles. The summed E-state index contributed by atoms with van der Waals surface area (Å²) in [5.41, 5.74) is 3.90. The van der Waals surface area contributed by atoms with E-state index < -0.39 is 0 Å². The molecule has 0 fully saturated rings. The van der Waals surface area contributed by atoms with Crippen LogP contribution in [0.1, 0.15) is 17.5 Å². The van der Waals surface area contributed by atoms with Gasteiger partial charge in [-0.1, -0.05) is 34.1 Å². The second kappa shape index (κ2) is 8.39. The number of aryl methyl sites for hydroxylation is 2. The Morgan fingerprint density at radius 3 is 2.74 bits per heavy atom. The SMILES string of the molecule is Cc1cc(Br)ccc1NC(=O)CN(C)C(=O)CCc1c[nH]c2ccccc12. The highest BCUT2D eigenvalue weighted by Gasteiger charge is 2.14. The summed E-state index contributed by atoms with van der Waals surface area (Å²) in [4.78, 5) is 29.3. The fourth-order valence-corrected chi connectivity index (χ4v) is 3.51. The van der Waals surface area contributed by atoms with E-state index in [1.807, 2.05) is 55.6 Å². The quantitative estimate of drug-likeness (QED) is 0.616. The van der Waals surface area contributed by atoms with E-state index in [-0.39, 0.29) is 18.4 Å². The normalized spacial score (nSPS) is 10.8. The zero-order valence-corrected chi connectivity index (χ0v) is 17.0. The second-order valence-corrected chi connectivity index (χ2v) is 7.53. The number of anilines is 1. The Balaban J connectivity index is 1.53. The number of carbonyl (C=O) groups excluding carboxylic acids is 2. The van der Waals surface area contributed by atoms with E-state index in [2.05, 4.69) is 26.2 Å². The van der Waals surface area contributed by atoms with E-state index in [9.17, 15) is 9.59 Å². The van der Waals surface area contributed by atoms with Crippen molar-refractivity contribution in [2.24, 2.45) is 0 Å². The Morgan fingerprint density at radius 1 is 1.19 bits per heavy atom. The molecule has 0 aliphatic heterocycles. The number of aromatic nitrogens is 1. The summed E-state index contributed by atoms with van der Waals surface area (Å²) in [6.07, 6.45) is 2.95. The minimum atomic E-state index is -0.205. The average molecular weight is 428 g/mol. The van der Waals surface area contributed by atoms with E-state index in [0.29, 0.717) is 12.8 Å². The van der Waals surface area contributed by atoms with Crippen molar-refractivity contribution < 1.29 is 9.59 Å². The Kier molecular flexibility index (Phi) is 5.96. The molecule has 0 spiro atoms. The molecule has 0 aliphatic rings. The van der Waals surface area contributed by atoms with Crippen LogP contribution in [0.2, 0.25) is 0 Å². The largest absolute Gasteiger partial charge is 0.361 e. The maximum atomic E-state index is 12.4. The highest BCUT2D eigenvalue weighted by Crippen LogP contribution is 2.20. The first-order valence-electron chi connectivity index (χ1n) is 8.79.